The van der Waals surface area contributed by atoms with Gasteiger partial charge in [0, 0.05) is 12.6 Å². The van der Waals surface area contributed by atoms with Crippen LogP contribution in [0.3, 0.4) is 0 Å². The van der Waals surface area contributed by atoms with E-state index in [1.807, 2.05) is 6.07 Å². The summed E-state index contributed by atoms with van der Waals surface area (Å²) in [6.45, 7) is 2.95. The van der Waals surface area contributed by atoms with Gasteiger partial charge in [-0.3, -0.25) is 0 Å². The van der Waals surface area contributed by atoms with Gasteiger partial charge in [-0.25, -0.2) is 4.98 Å². The summed E-state index contributed by atoms with van der Waals surface area (Å²) in [7, 11) is 0. The Kier molecular flexibility index (Phi) is 5.08. The summed E-state index contributed by atoms with van der Waals surface area (Å²) >= 11 is 0. The lowest BCUT2D eigenvalue weighted by Crippen LogP contribution is -2.08. The molecule has 5 heteroatoms. The second-order valence-electron chi connectivity index (χ2n) is 3.96. The first-order chi connectivity index (χ1) is 8.19. The lowest BCUT2D eigenvalue weighted by Gasteiger charge is -2.09. The zero-order valence-corrected chi connectivity index (χ0v) is 10.2. The van der Waals surface area contributed by atoms with Gasteiger partial charge < -0.3 is 16.8 Å². The van der Waals surface area contributed by atoms with E-state index in [-0.39, 0.29) is 0 Å². The van der Waals surface area contributed by atoms with E-state index in [9.17, 15) is 0 Å². The Balaban J connectivity index is 2.61. The number of hydrogen-bond donors (Lipinski definition) is 3. The highest BCUT2D eigenvalue weighted by molar-refractivity contribution is 5.69. The Bertz CT molecular complexity index is 408. The van der Waals surface area contributed by atoms with Crippen LogP contribution in [0.2, 0.25) is 0 Å². The monoisotopic (exact) mass is 233 g/mol. The zero-order valence-electron chi connectivity index (χ0n) is 10.2. The van der Waals surface area contributed by atoms with Gasteiger partial charge in [0.1, 0.15) is 23.3 Å². The number of aromatic nitrogens is 1. The van der Waals surface area contributed by atoms with Crippen molar-refractivity contribution < 1.29 is 0 Å². The number of pyridine rings is 1. The standard InChI is InChI=1S/C12H19N5/c1-2-3-4-5-6-16-12-9(8-13)10(14)7-11(15)17-12/h7H,2-6H2,1H3,(H5,14,15,16,17). The minimum Gasteiger partial charge on any atom is -0.397 e. The fourth-order valence-corrected chi connectivity index (χ4v) is 1.59. The van der Waals surface area contributed by atoms with Crippen LogP contribution in [-0.4, -0.2) is 11.5 Å². The molecule has 0 amide bonds. The van der Waals surface area contributed by atoms with Crippen LogP contribution in [-0.2, 0) is 0 Å². The normalized spacial score (nSPS) is 9.88. The van der Waals surface area contributed by atoms with Crippen molar-refractivity contribution in [3.05, 3.63) is 11.6 Å². The zero-order chi connectivity index (χ0) is 12.7. The molecule has 5 nitrogen and oxygen atoms in total. The van der Waals surface area contributed by atoms with E-state index in [0.717, 1.165) is 13.0 Å². The van der Waals surface area contributed by atoms with Crippen molar-refractivity contribution in [1.29, 1.82) is 5.26 Å². The molecule has 0 unspecified atom stereocenters. The van der Waals surface area contributed by atoms with Gasteiger partial charge >= 0.3 is 0 Å². The molecule has 0 aliphatic carbocycles. The number of hydrogen-bond acceptors (Lipinski definition) is 5. The highest BCUT2D eigenvalue weighted by atomic mass is 15.0. The molecule has 17 heavy (non-hydrogen) atoms. The minimum atomic E-state index is 0.331. The average Bonchev–Trinajstić information content (AvgIpc) is 2.28. The van der Waals surface area contributed by atoms with Crippen LogP contribution in [0.15, 0.2) is 6.07 Å². The number of nitrogens with two attached hydrogens (primary N) is 2. The van der Waals surface area contributed by atoms with Gasteiger partial charge in [0.05, 0.1) is 5.69 Å². The summed E-state index contributed by atoms with van der Waals surface area (Å²) in [5, 5.41) is 12.1. The highest BCUT2D eigenvalue weighted by Crippen LogP contribution is 2.21. The predicted molar refractivity (Wildman–Crippen MR) is 70.4 cm³/mol. The van der Waals surface area contributed by atoms with Crippen molar-refractivity contribution in [3.8, 4) is 6.07 Å². The van der Waals surface area contributed by atoms with Crippen LogP contribution in [0.5, 0.6) is 0 Å². The van der Waals surface area contributed by atoms with Crippen LogP contribution >= 0.6 is 0 Å². The highest BCUT2D eigenvalue weighted by Gasteiger charge is 2.08. The Labute approximate surface area is 102 Å². The third-order valence-corrected chi connectivity index (χ3v) is 2.50. The molecular weight excluding hydrogens is 214 g/mol. The molecule has 1 aromatic rings. The van der Waals surface area contributed by atoms with E-state index in [1.165, 1.54) is 25.3 Å². The van der Waals surface area contributed by atoms with E-state index < -0.39 is 0 Å². The van der Waals surface area contributed by atoms with Gasteiger partial charge in [0.2, 0.25) is 0 Å². The Morgan fingerprint density at radius 2 is 2.12 bits per heavy atom. The molecule has 0 radical (unpaired) electrons. The van der Waals surface area contributed by atoms with Crippen LogP contribution in [0, 0.1) is 11.3 Å². The molecule has 1 heterocycles. The molecule has 0 aliphatic rings. The predicted octanol–water partition coefficient (Wildman–Crippen LogP) is 2.11. The number of rotatable bonds is 6. The molecule has 1 rings (SSSR count). The van der Waals surface area contributed by atoms with Crippen LogP contribution in [0.1, 0.15) is 38.2 Å². The number of nitrogens with one attached hydrogen (secondary N) is 1. The van der Waals surface area contributed by atoms with Gasteiger partial charge in [0.25, 0.3) is 0 Å². The van der Waals surface area contributed by atoms with Crippen LogP contribution in [0.25, 0.3) is 0 Å². The maximum Gasteiger partial charge on any atom is 0.148 e. The molecule has 0 atom stereocenters. The molecule has 0 fully saturated rings. The SMILES string of the molecule is CCCCCCNc1nc(N)cc(N)c1C#N. The fraction of sp³-hybridized carbons (Fsp3) is 0.500. The molecular formula is C12H19N5. The molecule has 92 valence electrons. The van der Waals surface area contributed by atoms with Crippen molar-refractivity contribution in [2.24, 2.45) is 0 Å². The topological polar surface area (TPSA) is 101 Å². The Morgan fingerprint density at radius 1 is 1.35 bits per heavy atom. The van der Waals surface area contributed by atoms with Gasteiger partial charge in [0.15, 0.2) is 0 Å². The maximum absolute atomic E-state index is 8.98. The van der Waals surface area contributed by atoms with Gasteiger partial charge in [-0.15, -0.1) is 0 Å². The summed E-state index contributed by atoms with van der Waals surface area (Å²) < 4.78 is 0. The summed E-state index contributed by atoms with van der Waals surface area (Å²) in [5.41, 5.74) is 12.0. The van der Waals surface area contributed by atoms with E-state index in [4.69, 9.17) is 16.7 Å². The van der Waals surface area contributed by atoms with Gasteiger partial charge in [-0.1, -0.05) is 26.2 Å². The van der Waals surface area contributed by atoms with Gasteiger partial charge in [-0.05, 0) is 6.42 Å². The maximum atomic E-state index is 8.98. The first-order valence-corrected chi connectivity index (χ1v) is 5.89. The smallest absolute Gasteiger partial charge is 0.148 e. The van der Waals surface area contributed by atoms with E-state index in [2.05, 4.69) is 17.2 Å². The lowest BCUT2D eigenvalue weighted by molar-refractivity contribution is 0.684. The number of anilines is 3. The van der Waals surface area contributed by atoms with Crippen LogP contribution < -0.4 is 16.8 Å². The largest absolute Gasteiger partial charge is 0.397 e. The van der Waals surface area contributed by atoms with Gasteiger partial charge in [-0.2, -0.15) is 5.26 Å². The number of nitriles is 1. The Morgan fingerprint density at radius 3 is 2.76 bits per heavy atom. The van der Waals surface area contributed by atoms with E-state index in [1.54, 1.807) is 0 Å². The lowest BCUT2D eigenvalue weighted by atomic mass is 10.2. The molecule has 5 N–H and O–H groups in total. The fourth-order valence-electron chi connectivity index (χ4n) is 1.59. The van der Waals surface area contributed by atoms with Crippen molar-refractivity contribution in [2.45, 2.75) is 32.6 Å². The summed E-state index contributed by atoms with van der Waals surface area (Å²) in [6, 6.07) is 3.54. The van der Waals surface area contributed by atoms with E-state index in [0.29, 0.717) is 22.9 Å². The van der Waals surface area contributed by atoms with Crippen molar-refractivity contribution in [2.75, 3.05) is 23.3 Å². The number of unbranched alkanes of at least 4 members (excludes halogenated alkanes) is 3. The molecule has 0 aliphatic heterocycles. The third kappa shape index (κ3) is 3.83. The average molecular weight is 233 g/mol. The summed E-state index contributed by atoms with van der Waals surface area (Å²) in [4.78, 5) is 4.09. The first-order valence-electron chi connectivity index (χ1n) is 5.89. The number of nitrogen functional groups attached to an aromatic ring is 2. The Hall–Kier alpha value is -1.96. The summed E-state index contributed by atoms with van der Waals surface area (Å²) in [6.07, 6.45) is 4.64. The summed E-state index contributed by atoms with van der Waals surface area (Å²) in [5.74, 6) is 0.819. The van der Waals surface area contributed by atoms with Crippen LogP contribution in [0.4, 0.5) is 17.3 Å². The quantitative estimate of drug-likeness (QED) is 0.653. The van der Waals surface area contributed by atoms with Crippen molar-refractivity contribution in [3.63, 3.8) is 0 Å². The molecule has 1 aromatic heterocycles. The molecule has 0 spiro atoms. The second kappa shape index (κ2) is 6.59. The number of nitrogens with zero attached hydrogens (tertiary/aromatic N) is 2. The van der Waals surface area contributed by atoms with Crippen molar-refractivity contribution in [1.82, 2.24) is 4.98 Å². The minimum absolute atomic E-state index is 0.331. The molecule has 0 bridgehead atoms. The molecule has 0 saturated heterocycles. The third-order valence-electron chi connectivity index (χ3n) is 2.50. The van der Waals surface area contributed by atoms with E-state index >= 15 is 0 Å². The molecule has 0 saturated carbocycles. The first kappa shape index (κ1) is 13.1. The van der Waals surface area contributed by atoms with Crippen molar-refractivity contribution >= 4 is 17.3 Å². The second-order valence-corrected chi connectivity index (χ2v) is 3.96. The molecule has 0 aromatic carbocycles.